The minimum atomic E-state index is -0.505. The van der Waals surface area contributed by atoms with Crippen molar-refractivity contribution in [3.63, 3.8) is 0 Å². The van der Waals surface area contributed by atoms with Crippen LogP contribution in [0.1, 0.15) is 0 Å². The summed E-state index contributed by atoms with van der Waals surface area (Å²) >= 11 is 2.84. The van der Waals surface area contributed by atoms with E-state index < -0.39 is 6.04 Å². The summed E-state index contributed by atoms with van der Waals surface area (Å²) in [5.74, 6) is 1.99. The van der Waals surface area contributed by atoms with Crippen molar-refractivity contribution in [3.8, 4) is 16.8 Å². The van der Waals surface area contributed by atoms with Gasteiger partial charge in [-0.25, -0.2) is 0 Å². The second-order valence-electron chi connectivity index (χ2n) is 2.44. The molecular formula is C8H7BrN2O2. The van der Waals surface area contributed by atoms with E-state index in [4.69, 9.17) is 10.00 Å². The zero-order chi connectivity index (χ0) is 9.68. The number of amides is 1. The Morgan fingerprint density at radius 1 is 1.69 bits per heavy atom. The number of carbonyl (C=O) groups excluding carboxylic acids is 1. The van der Waals surface area contributed by atoms with Crippen molar-refractivity contribution in [2.75, 3.05) is 19.8 Å². The summed E-state index contributed by atoms with van der Waals surface area (Å²) in [6.45, 7) is 1.17. The van der Waals surface area contributed by atoms with E-state index in [2.05, 4.69) is 26.7 Å². The first-order valence-electron chi connectivity index (χ1n) is 3.69. The SMILES string of the molecule is N#CC1COCCN1C(=O)C#CBr. The van der Waals surface area contributed by atoms with Gasteiger partial charge in [0, 0.05) is 28.4 Å². The van der Waals surface area contributed by atoms with Gasteiger partial charge in [-0.15, -0.1) is 0 Å². The van der Waals surface area contributed by atoms with Crippen LogP contribution in [0, 0.1) is 22.1 Å². The average Bonchev–Trinajstić information content (AvgIpc) is 2.18. The Morgan fingerprint density at radius 3 is 3.08 bits per heavy atom. The van der Waals surface area contributed by atoms with Crippen LogP contribution in [0.15, 0.2) is 0 Å². The molecule has 1 unspecified atom stereocenters. The third-order valence-electron chi connectivity index (χ3n) is 1.69. The van der Waals surface area contributed by atoms with E-state index in [0.29, 0.717) is 13.2 Å². The molecule has 0 N–H and O–H groups in total. The molecule has 0 radical (unpaired) electrons. The molecule has 0 aromatic heterocycles. The van der Waals surface area contributed by atoms with Crippen LogP contribution < -0.4 is 0 Å². The van der Waals surface area contributed by atoms with Crippen molar-refractivity contribution < 1.29 is 9.53 Å². The maximum absolute atomic E-state index is 11.3. The summed E-state index contributed by atoms with van der Waals surface area (Å²) < 4.78 is 5.06. The number of halogens is 1. The lowest BCUT2D eigenvalue weighted by Gasteiger charge is -2.29. The quantitative estimate of drug-likeness (QED) is 0.567. The Hall–Kier alpha value is -1.04. The standard InChI is InChI=1S/C8H7BrN2O2/c9-2-1-8(12)11-3-4-13-6-7(11)5-10/h7H,3-4,6H2. The number of nitriles is 1. The van der Waals surface area contributed by atoms with Crippen LogP contribution in [0.2, 0.25) is 0 Å². The fraction of sp³-hybridized carbons (Fsp3) is 0.500. The van der Waals surface area contributed by atoms with Gasteiger partial charge in [-0.3, -0.25) is 4.79 Å². The third kappa shape index (κ3) is 2.45. The molecule has 0 aromatic rings. The summed E-state index contributed by atoms with van der Waals surface area (Å²) in [4.78, 5) is 15.0. The van der Waals surface area contributed by atoms with Gasteiger partial charge in [0.05, 0.1) is 19.3 Å². The molecule has 0 saturated carbocycles. The minimum absolute atomic E-state index is 0.270. The molecule has 1 saturated heterocycles. The average molecular weight is 243 g/mol. The zero-order valence-electron chi connectivity index (χ0n) is 6.79. The summed E-state index contributed by atoms with van der Waals surface area (Å²) in [7, 11) is 0. The van der Waals surface area contributed by atoms with Crippen molar-refractivity contribution in [3.05, 3.63) is 0 Å². The van der Waals surface area contributed by atoms with Gasteiger partial charge in [0.15, 0.2) is 0 Å². The van der Waals surface area contributed by atoms with E-state index >= 15 is 0 Å². The van der Waals surface area contributed by atoms with Crippen LogP contribution >= 0.6 is 15.9 Å². The highest BCUT2D eigenvalue weighted by Gasteiger charge is 2.25. The summed E-state index contributed by atoms with van der Waals surface area (Å²) in [6, 6.07) is 1.49. The van der Waals surface area contributed by atoms with Crippen molar-refractivity contribution in [1.29, 1.82) is 5.26 Å². The van der Waals surface area contributed by atoms with Gasteiger partial charge in [-0.2, -0.15) is 5.26 Å². The summed E-state index contributed by atoms with van der Waals surface area (Å²) in [6.07, 6.45) is 0. The van der Waals surface area contributed by atoms with Crippen LogP contribution in [-0.2, 0) is 9.53 Å². The number of morpholine rings is 1. The first kappa shape index (κ1) is 10.0. The van der Waals surface area contributed by atoms with E-state index in [1.165, 1.54) is 4.90 Å². The highest BCUT2D eigenvalue weighted by atomic mass is 79.9. The maximum Gasteiger partial charge on any atom is 0.300 e. The van der Waals surface area contributed by atoms with Gasteiger partial charge >= 0.3 is 5.91 Å². The number of ether oxygens (including phenoxy) is 1. The molecular weight excluding hydrogens is 236 g/mol. The molecule has 1 aliphatic rings. The van der Waals surface area contributed by atoms with Crippen molar-refractivity contribution in [2.24, 2.45) is 0 Å². The lowest BCUT2D eigenvalue weighted by Crippen LogP contribution is -2.47. The molecule has 1 heterocycles. The molecule has 1 atom stereocenters. The van der Waals surface area contributed by atoms with Gasteiger partial charge in [0.1, 0.15) is 6.04 Å². The Kier molecular flexibility index (Phi) is 3.75. The molecule has 13 heavy (non-hydrogen) atoms. The number of hydrogen-bond acceptors (Lipinski definition) is 3. The molecule has 1 rings (SSSR count). The van der Waals surface area contributed by atoms with E-state index in [1.54, 1.807) is 0 Å². The predicted molar refractivity (Wildman–Crippen MR) is 48.6 cm³/mol. The molecule has 0 spiro atoms. The Labute approximate surface area is 84.6 Å². The molecule has 5 heteroatoms. The van der Waals surface area contributed by atoms with E-state index in [-0.39, 0.29) is 12.5 Å². The maximum atomic E-state index is 11.3. The monoisotopic (exact) mass is 242 g/mol. The largest absolute Gasteiger partial charge is 0.376 e. The fourth-order valence-corrected chi connectivity index (χ4v) is 1.24. The molecule has 68 valence electrons. The highest BCUT2D eigenvalue weighted by molar-refractivity contribution is 9.12. The Morgan fingerprint density at radius 2 is 2.46 bits per heavy atom. The number of rotatable bonds is 0. The second kappa shape index (κ2) is 4.86. The Balaban J connectivity index is 2.69. The summed E-state index contributed by atoms with van der Waals surface area (Å²) in [5.41, 5.74) is 0. The van der Waals surface area contributed by atoms with Gasteiger partial charge < -0.3 is 9.64 Å². The highest BCUT2D eigenvalue weighted by Crippen LogP contribution is 2.05. The van der Waals surface area contributed by atoms with Crippen LogP contribution in [0.3, 0.4) is 0 Å². The van der Waals surface area contributed by atoms with Crippen LogP contribution in [0.5, 0.6) is 0 Å². The summed E-state index contributed by atoms with van der Waals surface area (Å²) in [5, 5.41) is 8.69. The van der Waals surface area contributed by atoms with E-state index in [1.807, 2.05) is 6.07 Å². The first-order valence-corrected chi connectivity index (χ1v) is 4.48. The lowest BCUT2D eigenvalue weighted by atomic mass is 10.2. The minimum Gasteiger partial charge on any atom is -0.376 e. The van der Waals surface area contributed by atoms with Gasteiger partial charge in [0.25, 0.3) is 0 Å². The van der Waals surface area contributed by atoms with Gasteiger partial charge in [-0.1, -0.05) is 0 Å². The molecule has 1 amide bonds. The second-order valence-corrected chi connectivity index (χ2v) is 2.83. The fourth-order valence-electron chi connectivity index (χ4n) is 1.07. The molecule has 1 aliphatic heterocycles. The molecule has 4 nitrogen and oxygen atoms in total. The van der Waals surface area contributed by atoms with Crippen molar-refractivity contribution >= 4 is 21.8 Å². The number of hydrogen-bond donors (Lipinski definition) is 0. The van der Waals surface area contributed by atoms with Gasteiger partial charge in [-0.05, 0) is 4.83 Å². The number of nitrogens with zero attached hydrogens (tertiary/aromatic N) is 2. The van der Waals surface area contributed by atoms with E-state index in [0.717, 1.165) is 0 Å². The lowest BCUT2D eigenvalue weighted by molar-refractivity contribution is -0.131. The zero-order valence-corrected chi connectivity index (χ0v) is 8.37. The molecule has 0 bridgehead atoms. The van der Waals surface area contributed by atoms with E-state index in [9.17, 15) is 4.79 Å². The molecule has 0 aromatic carbocycles. The van der Waals surface area contributed by atoms with Crippen LogP contribution in [-0.4, -0.2) is 36.6 Å². The first-order chi connectivity index (χ1) is 6.29. The Bertz CT molecular complexity index is 299. The van der Waals surface area contributed by atoms with Crippen molar-refractivity contribution in [2.45, 2.75) is 6.04 Å². The normalized spacial score (nSPS) is 21.2. The number of carbonyl (C=O) groups is 1. The van der Waals surface area contributed by atoms with Crippen LogP contribution in [0.25, 0.3) is 0 Å². The van der Waals surface area contributed by atoms with Crippen LogP contribution in [0.4, 0.5) is 0 Å². The predicted octanol–water partition coefficient (Wildman–Crippen LogP) is 0.0932. The molecule has 0 aliphatic carbocycles. The third-order valence-corrected chi connectivity index (χ3v) is 1.89. The smallest absolute Gasteiger partial charge is 0.300 e. The van der Waals surface area contributed by atoms with Gasteiger partial charge in [0.2, 0.25) is 0 Å². The topological polar surface area (TPSA) is 53.3 Å². The molecule has 1 fully saturated rings. The van der Waals surface area contributed by atoms with Crippen molar-refractivity contribution in [1.82, 2.24) is 4.90 Å².